The molecular weight excluding hydrogens is 313 g/mol. The number of hydrogen-bond acceptors (Lipinski definition) is 4. The van der Waals surface area contributed by atoms with Gasteiger partial charge in [0, 0.05) is 26.0 Å². The summed E-state index contributed by atoms with van der Waals surface area (Å²) in [6.45, 7) is 0.632. The van der Waals surface area contributed by atoms with Crippen LogP contribution in [-0.2, 0) is 11.8 Å². The van der Waals surface area contributed by atoms with E-state index in [-0.39, 0.29) is 11.9 Å². The molecule has 0 saturated carbocycles. The maximum atomic E-state index is 12.4. The lowest BCUT2D eigenvalue weighted by Gasteiger charge is -2.16. The van der Waals surface area contributed by atoms with Crippen LogP contribution in [0.4, 0.5) is 11.5 Å². The Morgan fingerprint density at radius 1 is 1.38 bits per heavy atom. The number of aromatic nitrogens is 3. The lowest BCUT2D eigenvalue weighted by Crippen LogP contribution is -2.33. The monoisotopic (exact) mass is 325 g/mol. The summed E-state index contributed by atoms with van der Waals surface area (Å²) >= 11 is 11.9. The van der Waals surface area contributed by atoms with Gasteiger partial charge in [-0.05, 0) is 12.5 Å². The number of aryl methyl sites for hydroxylation is 1. The molecule has 0 unspecified atom stereocenters. The molecule has 1 aliphatic rings. The molecule has 1 atom stereocenters. The Morgan fingerprint density at radius 3 is 2.86 bits per heavy atom. The highest BCUT2D eigenvalue weighted by atomic mass is 35.5. The normalized spacial score (nSPS) is 18.3. The summed E-state index contributed by atoms with van der Waals surface area (Å²) in [5.74, 6) is 0.447. The highest BCUT2D eigenvalue weighted by Crippen LogP contribution is 2.27. The van der Waals surface area contributed by atoms with Crippen LogP contribution in [0.5, 0.6) is 0 Å². The largest absolute Gasteiger partial charge is 0.357 e. The third-order valence-electron chi connectivity index (χ3n) is 3.33. The fourth-order valence-electron chi connectivity index (χ4n) is 2.30. The summed E-state index contributed by atoms with van der Waals surface area (Å²) in [5.41, 5.74) is 0.793. The van der Waals surface area contributed by atoms with Gasteiger partial charge in [0.15, 0.2) is 0 Å². The smallest absolute Gasteiger partial charge is 0.249 e. The van der Waals surface area contributed by atoms with Crippen LogP contribution in [0.2, 0.25) is 10.0 Å². The molecule has 0 spiro atoms. The quantitative estimate of drug-likeness (QED) is 0.940. The first-order chi connectivity index (χ1) is 10.0. The van der Waals surface area contributed by atoms with E-state index in [1.165, 1.54) is 6.20 Å². The van der Waals surface area contributed by atoms with E-state index in [4.69, 9.17) is 23.2 Å². The topological polar surface area (TPSA) is 63.1 Å². The van der Waals surface area contributed by atoms with Crippen LogP contribution in [0.3, 0.4) is 0 Å². The molecule has 0 aromatic carbocycles. The van der Waals surface area contributed by atoms with E-state index >= 15 is 0 Å². The van der Waals surface area contributed by atoms with Gasteiger partial charge in [0.2, 0.25) is 5.91 Å². The third-order valence-corrected chi connectivity index (χ3v) is 3.82. The number of nitrogens with one attached hydrogen (secondary N) is 1. The van der Waals surface area contributed by atoms with Crippen molar-refractivity contribution in [3.8, 4) is 0 Å². The minimum atomic E-state index is -0.351. The van der Waals surface area contributed by atoms with Crippen LogP contribution < -0.4 is 10.2 Å². The molecule has 0 bridgehead atoms. The summed E-state index contributed by atoms with van der Waals surface area (Å²) in [5, 5.41) is 8.01. The number of pyridine rings is 1. The number of amides is 1. The minimum Gasteiger partial charge on any atom is -0.357 e. The van der Waals surface area contributed by atoms with E-state index in [1.807, 2.05) is 13.2 Å². The SMILES string of the molecule is Cn1cc(N2CC[C@H](Nc3ncc(Cl)cc3Cl)C2=O)cn1. The lowest BCUT2D eigenvalue weighted by atomic mass is 10.2. The van der Waals surface area contributed by atoms with Crippen LogP contribution in [-0.4, -0.2) is 33.3 Å². The summed E-state index contributed by atoms with van der Waals surface area (Å²) in [7, 11) is 1.82. The summed E-state index contributed by atoms with van der Waals surface area (Å²) in [6.07, 6.45) is 5.66. The van der Waals surface area contributed by atoms with Gasteiger partial charge in [0.1, 0.15) is 11.9 Å². The van der Waals surface area contributed by atoms with Crippen molar-refractivity contribution in [2.75, 3.05) is 16.8 Å². The van der Waals surface area contributed by atoms with Gasteiger partial charge in [-0.1, -0.05) is 23.2 Å². The van der Waals surface area contributed by atoms with Crippen molar-refractivity contribution >= 4 is 40.6 Å². The number of rotatable bonds is 3. The van der Waals surface area contributed by atoms with Crippen molar-refractivity contribution in [2.45, 2.75) is 12.5 Å². The predicted octanol–water partition coefficient (Wildman–Crippen LogP) is 2.34. The first kappa shape index (κ1) is 14.2. The zero-order chi connectivity index (χ0) is 15.0. The molecule has 1 saturated heterocycles. The average molecular weight is 326 g/mol. The van der Waals surface area contributed by atoms with Crippen molar-refractivity contribution in [1.29, 1.82) is 0 Å². The Morgan fingerprint density at radius 2 is 2.19 bits per heavy atom. The van der Waals surface area contributed by atoms with Gasteiger partial charge < -0.3 is 10.2 Å². The number of carbonyl (C=O) groups is 1. The molecule has 1 N–H and O–H groups in total. The van der Waals surface area contributed by atoms with E-state index < -0.39 is 0 Å². The Labute approximate surface area is 131 Å². The van der Waals surface area contributed by atoms with Gasteiger partial charge in [-0.25, -0.2) is 4.98 Å². The van der Waals surface area contributed by atoms with Gasteiger partial charge in [-0.3, -0.25) is 9.48 Å². The van der Waals surface area contributed by atoms with Crippen molar-refractivity contribution in [1.82, 2.24) is 14.8 Å². The molecule has 3 rings (SSSR count). The van der Waals surface area contributed by atoms with E-state index in [1.54, 1.807) is 21.8 Å². The van der Waals surface area contributed by atoms with E-state index in [0.29, 0.717) is 28.8 Å². The molecule has 2 aromatic rings. The Bertz CT molecular complexity index is 687. The summed E-state index contributed by atoms with van der Waals surface area (Å²) in [6, 6.07) is 1.24. The Balaban J connectivity index is 1.75. The second-order valence-corrected chi connectivity index (χ2v) is 5.68. The zero-order valence-corrected chi connectivity index (χ0v) is 12.8. The molecule has 2 aromatic heterocycles. The lowest BCUT2D eigenvalue weighted by molar-refractivity contribution is -0.117. The third kappa shape index (κ3) is 2.82. The minimum absolute atomic E-state index is 0.0178. The standard InChI is InChI=1S/C13H13Cl2N5O/c1-19-7-9(6-17-19)20-3-2-11(13(20)21)18-12-10(15)4-8(14)5-16-12/h4-7,11H,2-3H2,1H3,(H,16,18)/t11-/m0/s1. The Kier molecular flexibility index (Phi) is 3.73. The highest BCUT2D eigenvalue weighted by Gasteiger charge is 2.33. The van der Waals surface area contributed by atoms with Crippen LogP contribution in [0.15, 0.2) is 24.7 Å². The van der Waals surface area contributed by atoms with E-state index in [0.717, 1.165) is 5.69 Å². The van der Waals surface area contributed by atoms with Gasteiger partial charge in [0.25, 0.3) is 0 Å². The zero-order valence-electron chi connectivity index (χ0n) is 11.3. The second kappa shape index (κ2) is 5.54. The average Bonchev–Trinajstić information content (AvgIpc) is 3.00. The molecule has 110 valence electrons. The van der Waals surface area contributed by atoms with Crippen molar-refractivity contribution < 1.29 is 4.79 Å². The fraction of sp³-hybridized carbons (Fsp3) is 0.308. The molecule has 6 nitrogen and oxygen atoms in total. The number of carbonyl (C=O) groups excluding carboxylic acids is 1. The predicted molar refractivity (Wildman–Crippen MR) is 81.8 cm³/mol. The molecular formula is C13H13Cl2N5O. The molecule has 0 radical (unpaired) electrons. The van der Waals surface area contributed by atoms with Crippen molar-refractivity contribution in [2.24, 2.45) is 7.05 Å². The van der Waals surface area contributed by atoms with Crippen LogP contribution in [0, 0.1) is 0 Å². The van der Waals surface area contributed by atoms with Gasteiger partial charge in [-0.2, -0.15) is 5.10 Å². The molecule has 3 heterocycles. The molecule has 8 heteroatoms. The highest BCUT2D eigenvalue weighted by molar-refractivity contribution is 6.36. The van der Waals surface area contributed by atoms with Crippen LogP contribution in [0.1, 0.15) is 6.42 Å². The van der Waals surface area contributed by atoms with Gasteiger partial charge in [0.05, 0.1) is 21.9 Å². The number of hydrogen-bond donors (Lipinski definition) is 1. The molecule has 1 aliphatic heterocycles. The van der Waals surface area contributed by atoms with Crippen molar-refractivity contribution in [3.05, 3.63) is 34.7 Å². The summed E-state index contributed by atoms with van der Waals surface area (Å²) < 4.78 is 1.67. The Hall–Kier alpha value is -1.79. The number of halogens is 2. The number of anilines is 2. The molecule has 1 fully saturated rings. The van der Waals surface area contributed by atoms with E-state index in [9.17, 15) is 4.79 Å². The van der Waals surface area contributed by atoms with Crippen LogP contribution in [0.25, 0.3) is 0 Å². The first-order valence-electron chi connectivity index (χ1n) is 6.42. The van der Waals surface area contributed by atoms with E-state index in [2.05, 4.69) is 15.4 Å². The summed E-state index contributed by atoms with van der Waals surface area (Å²) in [4.78, 5) is 18.2. The maximum absolute atomic E-state index is 12.4. The van der Waals surface area contributed by atoms with Crippen molar-refractivity contribution in [3.63, 3.8) is 0 Å². The first-order valence-corrected chi connectivity index (χ1v) is 7.18. The number of nitrogens with zero attached hydrogens (tertiary/aromatic N) is 4. The molecule has 0 aliphatic carbocycles. The maximum Gasteiger partial charge on any atom is 0.249 e. The molecule has 1 amide bonds. The fourth-order valence-corrected chi connectivity index (χ4v) is 2.74. The van der Waals surface area contributed by atoms with Gasteiger partial charge in [-0.15, -0.1) is 0 Å². The van der Waals surface area contributed by atoms with Gasteiger partial charge >= 0.3 is 0 Å². The van der Waals surface area contributed by atoms with Crippen LogP contribution >= 0.6 is 23.2 Å². The second-order valence-electron chi connectivity index (χ2n) is 4.83. The molecule has 21 heavy (non-hydrogen) atoms.